The van der Waals surface area contributed by atoms with Crippen LogP contribution in [0.2, 0.25) is 5.15 Å². The number of fused-ring (bicyclic) bond motifs is 2. The van der Waals surface area contributed by atoms with Gasteiger partial charge in [0, 0.05) is 31.8 Å². The fraction of sp³-hybridized carbons (Fsp3) is 0.160. The maximum absolute atomic E-state index is 13.0. The number of halogens is 1. The average Bonchev–Trinajstić information content (AvgIpc) is 3.10. The molecule has 2 aromatic carbocycles. The molecule has 0 radical (unpaired) electrons. The summed E-state index contributed by atoms with van der Waals surface area (Å²) in [5, 5.41) is 1.13. The lowest BCUT2D eigenvalue weighted by Gasteiger charge is -2.27. The second-order valence-corrected chi connectivity index (χ2v) is 8.02. The highest BCUT2D eigenvalue weighted by Crippen LogP contribution is 2.36. The van der Waals surface area contributed by atoms with Crippen LogP contribution in [-0.2, 0) is 24.8 Å². The van der Waals surface area contributed by atoms with Crippen LogP contribution < -0.4 is 0 Å². The minimum Gasteiger partial charge on any atom is -0.334 e. The van der Waals surface area contributed by atoms with Crippen LogP contribution >= 0.6 is 11.6 Å². The van der Waals surface area contributed by atoms with E-state index in [0.29, 0.717) is 18.2 Å². The molecule has 4 aromatic rings. The number of nitrogens with zero attached hydrogens (tertiary/aromatic N) is 4. The molecule has 5 rings (SSSR count). The first-order chi connectivity index (χ1) is 15.1. The SMILES string of the molecule is Cn1c(-c2ccccc2)c(/C=C/C(=O)N2CCc3ccccc3C2)c2c(Cl)ncnc21. The average molecular weight is 429 g/mol. The van der Waals surface area contributed by atoms with Gasteiger partial charge in [0.05, 0.1) is 11.1 Å². The molecular weight excluding hydrogens is 408 g/mol. The fourth-order valence-electron chi connectivity index (χ4n) is 4.30. The Bertz CT molecular complexity index is 1310. The van der Waals surface area contributed by atoms with Gasteiger partial charge in [-0.2, -0.15) is 0 Å². The van der Waals surface area contributed by atoms with Crippen molar-refractivity contribution in [1.82, 2.24) is 19.4 Å². The summed E-state index contributed by atoms with van der Waals surface area (Å²) in [4.78, 5) is 23.5. The van der Waals surface area contributed by atoms with Gasteiger partial charge in [-0.25, -0.2) is 9.97 Å². The van der Waals surface area contributed by atoms with E-state index in [1.54, 1.807) is 6.08 Å². The Morgan fingerprint density at radius 1 is 1.03 bits per heavy atom. The molecular formula is C25H21ClN4O. The highest BCUT2D eigenvalue weighted by molar-refractivity contribution is 6.35. The molecule has 0 bridgehead atoms. The molecule has 1 amide bonds. The fourth-order valence-corrected chi connectivity index (χ4v) is 4.53. The standard InChI is InChI=1S/C25H21ClN4O/c1-29-23(18-8-3-2-4-9-18)20(22-24(26)27-16-28-25(22)29)11-12-21(31)30-14-13-17-7-5-6-10-19(17)15-30/h2-12,16H,13-15H2,1H3/b12-11+. The van der Waals surface area contributed by atoms with Crippen LogP contribution in [0.25, 0.3) is 28.4 Å². The van der Waals surface area contributed by atoms with Gasteiger partial charge in [0.2, 0.25) is 5.91 Å². The molecule has 5 nitrogen and oxygen atoms in total. The van der Waals surface area contributed by atoms with Crippen molar-refractivity contribution in [1.29, 1.82) is 0 Å². The summed E-state index contributed by atoms with van der Waals surface area (Å²) in [7, 11) is 1.95. The lowest BCUT2D eigenvalue weighted by Crippen LogP contribution is -2.34. The summed E-state index contributed by atoms with van der Waals surface area (Å²) in [5.74, 6) is -0.0153. The Hall–Kier alpha value is -3.44. The van der Waals surface area contributed by atoms with Crippen LogP contribution in [-0.4, -0.2) is 31.9 Å². The van der Waals surface area contributed by atoms with Crippen LogP contribution in [0.3, 0.4) is 0 Å². The summed E-state index contributed by atoms with van der Waals surface area (Å²) >= 11 is 6.46. The van der Waals surface area contributed by atoms with Gasteiger partial charge in [-0.05, 0) is 29.2 Å². The van der Waals surface area contributed by atoms with Gasteiger partial charge in [-0.1, -0.05) is 66.2 Å². The number of amides is 1. The Kier molecular flexibility index (Phi) is 5.04. The van der Waals surface area contributed by atoms with E-state index in [9.17, 15) is 4.79 Å². The van der Waals surface area contributed by atoms with E-state index in [2.05, 4.69) is 22.1 Å². The quantitative estimate of drug-likeness (QED) is 0.345. The molecule has 0 atom stereocenters. The van der Waals surface area contributed by atoms with Gasteiger partial charge in [0.1, 0.15) is 17.1 Å². The number of carbonyl (C=O) groups excluding carboxylic acids is 1. The minimum absolute atomic E-state index is 0.0153. The summed E-state index contributed by atoms with van der Waals surface area (Å²) in [6.45, 7) is 1.34. The van der Waals surface area contributed by atoms with Crippen molar-refractivity contribution in [2.24, 2.45) is 7.05 Å². The summed E-state index contributed by atoms with van der Waals surface area (Å²) in [6.07, 6.45) is 5.82. The van der Waals surface area contributed by atoms with Crippen LogP contribution in [0.1, 0.15) is 16.7 Å². The van der Waals surface area contributed by atoms with Gasteiger partial charge >= 0.3 is 0 Å². The van der Waals surface area contributed by atoms with Crippen LogP contribution in [0.4, 0.5) is 0 Å². The monoisotopic (exact) mass is 428 g/mol. The zero-order chi connectivity index (χ0) is 21.4. The number of aryl methyl sites for hydroxylation is 1. The molecule has 0 fully saturated rings. The number of hydrogen-bond donors (Lipinski definition) is 0. The normalized spacial score (nSPS) is 13.7. The van der Waals surface area contributed by atoms with Gasteiger partial charge in [0.25, 0.3) is 0 Å². The first-order valence-corrected chi connectivity index (χ1v) is 10.6. The van der Waals surface area contributed by atoms with E-state index in [0.717, 1.165) is 34.3 Å². The zero-order valence-corrected chi connectivity index (χ0v) is 17.9. The van der Waals surface area contributed by atoms with Gasteiger partial charge in [-0.15, -0.1) is 0 Å². The first kappa shape index (κ1) is 19.5. The second kappa shape index (κ2) is 8.00. The van der Waals surface area contributed by atoms with E-state index in [1.165, 1.54) is 17.5 Å². The third kappa shape index (κ3) is 3.51. The van der Waals surface area contributed by atoms with Crippen molar-refractivity contribution in [3.8, 4) is 11.3 Å². The highest BCUT2D eigenvalue weighted by atomic mass is 35.5. The van der Waals surface area contributed by atoms with Gasteiger partial charge in [-0.3, -0.25) is 4.79 Å². The molecule has 0 N–H and O–H groups in total. The number of benzene rings is 2. The van der Waals surface area contributed by atoms with E-state index in [-0.39, 0.29) is 5.91 Å². The number of aromatic nitrogens is 3. The molecule has 6 heteroatoms. The molecule has 154 valence electrons. The van der Waals surface area contributed by atoms with E-state index >= 15 is 0 Å². The number of rotatable bonds is 3. The zero-order valence-electron chi connectivity index (χ0n) is 17.1. The van der Waals surface area contributed by atoms with E-state index < -0.39 is 0 Å². The molecule has 1 aliphatic rings. The molecule has 31 heavy (non-hydrogen) atoms. The summed E-state index contributed by atoms with van der Waals surface area (Å²) in [5.41, 5.74) is 6.09. The number of carbonyl (C=O) groups is 1. The molecule has 0 unspecified atom stereocenters. The molecule has 0 aliphatic carbocycles. The Labute approximate surface area is 185 Å². The molecule has 3 heterocycles. The summed E-state index contributed by atoms with van der Waals surface area (Å²) < 4.78 is 2.00. The molecule has 0 spiro atoms. The summed E-state index contributed by atoms with van der Waals surface area (Å²) in [6, 6.07) is 18.3. The van der Waals surface area contributed by atoms with Crippen molar-refractivity contribution in [3.63, 3.8) is 0 Å². The van der Waals surface area contributed by atoms with Crippen LogP contribution in [0.15, 0.2) is 67.0 Å². The lowest BCUT2D eigenvalue weighted by molar-refractivity contribution is -0.126. The third-order valence-electron chi connectivity index (χ3n) is 5.84. The van der Waals surface area contributed by atoms with Gasteiger partial charge < -0.3 is 9.47 Å². The third-order valence-corrected chi connectivity index (χ3v) is 6.13. The Morgan fingerprint density at radius 2 is 1.77 bits per heavy atom. The lowest BCUT2D eigenvalue weighted by atomic mass is 10.00. The van der Waals surface area contributed by atoms with E-state index in [4.69, 9.17) is 11.6 Å². The molecule has 0 saturated carbocycles. The predicted molar refractivity (Wildman–Crippen MR) is 124 cm³/mol. The first-order valence-electron chi connectivity index (χ1n) is 10.2. The molecule has 0 saturated heterocycles. The van der Waals surface area contributed by atoms with Crippen LogP contribution in [0.5, 0.6) is 0 Å². The maximum atomic E-state index is 13.0. The minimum atomic E-state index is -0.0153. The van der Waals surface area contributed by atoms with Gasteiger partial charge in [0.15, 0.2) is 0 Å². The van der Waals surface area contributed by atoms with Crippen LogP contribution in [0, 0.1) is 0 Å². The van der Waals surface area contributed by atoms with Crippen molar-refractivity contribution >= 4 is 34.6 Å². The number of hydrogen-bond acceptors (Lipinski definition) is 3. The predicted octanol–water partition coefficient (Wildman–Crippen LogP) is 4.89. The van der Waals surface area contributed by atoms with E-state index in [1.807, 2.05) is 65.1 Å². The Morgan fingerprint density at radius 3 is 2.58 bits per heavy atom. The van der Waals surface area contributed by atoms with Crippen molar-refractivity contribution in [3.05, 3.63) is 88.8 Å². The maximum Gasteiger partial charge on any atom is 0.246 e. The van der Waals surface area contributed by atoms with Crippen molar-refractivity contribution < 1.29 is 4.79 Å². The second-order valence-electron chi connectivity index (χ2n) is 7.66. The molecule has 2 aromatic heterocycles. The smallest absolute Gasteiger partial charge is 0.246 e. The largest absolute Gasteiger partial charge is 0.334 e. The highest BCUT2D eigenvalue weighted by Gasteiger charge is 2.21. The topological polar surface area (TPSA) is 51.0 Å². The Balaban J connectivity index is 1.54. The molecule has 1 aliphatic heterocycles. The van der Waals surface area contributed by atoms with Crippen molar-refractivity contribution in [2.45, 2.75) is 13.0 Å². The van der Waals surface area contributed by atoms with Crippen molar-refractivity contribution in [2.75, 3.05) is 6.54 Å².